The van der Waals surface area contributed by atoms with E-state index in [-0.39, 0.29) is 0 Å². The second-order valence-electron chi connectivity index (χ2n) is 6.33. The maximum atomic E-state index is 5.62. The van der Waals surface area contributed by atoms with Crippen LogP contribution in [-0.4, -0.2) is 32.8 Å². The topological polar surface area (TPSA) is 54.1 Å². The van der Waals surface area contributed by atoms with Crippen LogP contribution in [-0.2, 0) is 22.9 Å². The van der Waals surface area contributed by atoms with Crippen molar-refractivity contribution in [1.82, 2.24) is 19.6 Å². The average Bonchev–Trinajstić information content (AvgIpc) is 3.55. The van der Waals surface area contributed by atoms with Gasteiger partial charge in [-0.15, -0.1) is 22.7 Å². The normalized spacial score (nSPS) is 11.9. The summed E-state index contributed by atoms with van der Waals surface area (Å²) in [6.45, 7) is 1.78. The standard InChI is InChI=1S/C22H22N4O2S2/c1-3-21(29-15-1)7-5-19-9-11-25(23-19)17-27-13-14-28-18-26-12-10-20(24-26)6-8-22-4-2-16-30-22/h1-12,15-16H,13-14,17-18H2/b7-5+,8-6+. The van der Waals surface area contributed by atoms with Crippen LogP contribution < -0.4 is 0 Å². The van der Waals surface area contributed by atoms with Crippen LogP contribution in [0, 0.1) is 0 Å². The summed E-state index contributed by atoms with van der Waals surface area (Å²) in [4.78, 5) is 2.42. The van der Waals surface area contributed by atoms with Gasteiger partial charge in [-0.25, -0.2) is 9.36 Å². The van der Waals surface area contributed by atoms with E-state index in [1.807, 2.05) is 48.8 Å². The zero-order valence-electron chi connectivity index (χ0n) is 16.3. The van der Waals surface area contributed by atoms with Crippen LogP contribution in [0.1, 0.15) is 21.1 Å². The molecule has 154 valence electrons. The summed E-state index contributed by atoms with van der Waals surface area (Å²) in [6, 6.07) is 12.2. The molecule has 0 aliphatic heterocycles. The second kappa shape index (κ2) is 10.8. The summed E-state index contributed by atoms with van der Waals surface area (Å²) in [5.41, 5.74) is 1.82. The Labute approximate surface area is 183 Å². The zero-order chi connectivity index (χ0) is 20.4. The van der Waals surface area contributed by atoms with Crippen molar-refractivity contribution in [3.05, 3.63) is 80.7 Å². The van der Waals surface area contributed by atoms with Crippen molar-refractivity contribution >= 4 is 47.0 Å². The molecule has 4 aromatic heterocycles. The third-order valence-electron chi connectivity index (χ3n) is 4.06. The Balaban J connectivity index is 1.11. The fraction of sp³-hybridized carbons (Fsp3) is 0.182. The van der Waals surface area contributed by atoms with E-state index < -0.39 is 0 Å². The Morgan fingerprint density at radius 1 is 0.700 bits per heavy atom. The van der Waals surface area contributed by atoms with Crippen LogP contribution in [0.5, 0.6) is 0 Å². The molecule has 0 saturated carbocycles. The van der Waals surface area contributed by atoms with Crippen molar-refractivity contribution in [1.29, 1.82) is 0 Å². The van der Waals surface area contributed by atoms with Crippen molar-refractivity contribution < 1.29 is 9.47 Å². The van der Waals surface area contributed by atoms with Gasteiger partial charge in [-0.2, -0.15) is 10.2 Å². The number of ether oxygens (including phenoxy) is 2. The molecule has 0 fully saturated rings. The molecule has 4 heterocycles. The Kier molecular flexibility index (Phi) is 7.41. The monoisotopic (exact) mass is 438 g/mol. The molecule has 0 aliphatic rings. The van der Waals surface area contributed by atoms with Gasteiger partial charge in [-0.05, 0) is 59.3 Å². The largest absolute Gasteiger partial charge is 0.357 e. The van der Waals surface area contributed by atoms with Crippen LogP contribution >= 0.6 is 22.7 Å². The molecule has 0 atom stereocenters. The van der Waals surface area contributed by atoms with E-state index in [4.69, 9.17) is 9.47 Å². The Bertz CT molecular complexity index is 976. The number of nitrogens with zero attached hydrogens (tertiary/aromatic N) is 4. The summed E-state index contributed by atoms with van der Waals surface area (Å²) in [6.07, 6.45) is 11.9. The Hall–Kier alpha value is -2.78. The van der Waals surface area contributed by atoms with Crippen LogP contribution in [0.15, 0.2) is 59.6 Å². The molecule has 0 unspecified atom stereocenters. The minimum atomic E-state index is 0.398. The highest BCUT2D eigenvalue weighted by Crippen LogP contribution is 2.13. The van der Waals surface area contributed by atoms with Gasteiger partial charge in [0.1, 0.15) is 13.5 Å². The number of hydrogen-bond donors (Lipinski definition) is 0. The molecule has 30 heavy (non-hydrogen) atoms. The predicted octanol–water partition coefficient (Wildman–Crippen LogP) is 5.19. The van der Waals surface area contributed by atoms with E-state index in [1.54, 1.807) is 32.0 Å². The first kappa shape index (κ1) is 20.5. The van der Waals surface area contributed by atoms with E-state index >= 15 is 0 Å². The zero-order valence-corrected chi connectivity index (χ0v) is 18.0. The SMILES string of the molecule is C(=C\c1cccs1)/c1ccn(COCCOCn2ccc(/C=C/c3cccs3)n2)n1. The maximum Gasteiger partial charge on any atom is 0.139 e. The first-order chi connectivity index (χ1) is 14.8. The summed E-state index contributed by atoms with van der Waals surface area (Å²) in [7, 11) is 0. The maximum absolute atomic E-state index is 5.62. The van der Waals surface area contributed by atoms with Gasteiger partial charge in [-0.3, -0.25) is 0 Å². The number of rotatable bonds is 11. The third-order valence-corrected chi connectivity index (χ3v) is 5.74. The third kappa shape index (κ3) is 6.36. The Morgan fingerprint density at radius 2 is 1.20 bits per heavy atom. The lowest BCUT2D eigenvalue weighted by molar-refractivity contribution is -0.00813. The lowest BCUT2D eigenvalue weighted by Crippen LogP contribution is -2.11. The van der Waals surface area contributed by atoms with Gasteiger partial charge >= 0.3 is 0 Å². The molecule has 0 amide bonds. The number of aromatic nitrogens is 4. The van der Waals surface area contributed by atoms with Gasteiger partial charge in [-0.1, -0.05) is 12.1 Å². The minimum Gasteiger partial charge on any atom is -0.357 e. The number of thiophene rings is 2. The highest BCUT2D eigenvalue weighted by atomic mass is 32.1. The molecule has 0 saturated heterocycles. The minimum absolute atomic E-state index is 0.398. The van der Waals surface area contributed by atoms with Crippen LogP contribution in [0.3, 0.4) is 0 Å². The molecule has 4 rings (SSSR count). The van der Waals surface area contributed by atoms with E-state index in [0.717, 1.165) is 11.4 Å². The molecule has 0 N–H and O–H groups in total. The van der Waals surface area contributed by atoms with Crippen molar-refractivity contribution in [2.75, 3.05) is 13.2 Å². The summed E-state index contributed by atoms with van der Waals surface area (Å²) < 4.78 is 14.8. The highest BCUT2D eigenvalue weighted by molar-refractivity contribution is 7.11. The molecule has 0 aromatic carbocycles. The fourth-order valence-corrected chi connectivity index (χ4v) is 3.85. The van der Waals surface area contributed by atoms with Crippen molar-refractivity contribution in [2.24, 2.45) is 0 Å². The predicted molar refractivity (Wildman–Crippen MR) is 123 cm³/mol. The molecule has 0 bridgehead atoms. The fourth-order valence-electron chi connectivity index (χ4n) is 2.62. The first-order valence-electron chi connectivity index (χ1n) is 9.51. The first-order valence-corrected chi connectivity index (χ1v) is 11.3. The van der Waals surface area contributed by atoms with Gasteiger partial charge < -0.3 is 9.47 Å². The summed E-state index contributed by atoms with van der Waals surface area (Å²) in [5, 5.41) is 13.0. The van der Waals surface area contributed by atoms with Gasteiger partial charge in [0.2, 0.25) is 0 Å². The van der Waals surface area contributed by atoms with E-state index in [0.29, 0.717) is 26.7 Å². The summed E-state index contributed by atoms with van der Waals surface area (Å²) in [5.74, 6) is 0. The van der Waals surface area contributed by atoms with Crippen molar-refractivity contribution in [3.63, 3.8) is 0 Å². The molecule has 0 radical (unpaired) electrons. The average molecular weight is 439 g/mol. The van der Waals surface area contributed by atoms with Crippen LogP contribution in [0.4, 0.5) is 0 Å². The molecular formula is C22H22N4O2S2. The highest BCUT2D eigenvalue weighted by Gasteiger charge is 1.98. The molecule has 6 nitrogen and oxygen atoms in total. The quantitative estimate of drug-likeness (QED) is 0.302. The van der Waals surface area contributed by atoms with Crippen molar-refractivity contribution in [3.8, 4) is 0 Å². The van der Waals surface area contributed by atoms with E-state index in [1.165, 1.54) is 9.75 Å². The second-order valence-corrected chi connectivity index (χ2v) is 8.29. The molecular weight excluding hydrogens is 416 g/mol. The van der Waals surface area contributed by atoms with E-state index in [2.05, 4.69) is 45.2 Å². The number of hydrogen-bond acceptors (Lipinski definition) is 6. The lowest BCUT2D eigenvalue weighted by atomic mass is 10.3. The van der Waals surface area contributed by atoms with Gasteiger partial charge in [0.05, 0.1) is 24.6 Å². The van der Waals surface area contributed by atoms with Gasteiger partial charge in [0, 0.05) is 22.1 Å². The molecule has 8 heteroatoms. The van der Waals surface area contributed by atoms with Crippen molar-refractivity contribution in [2.45, 2.75) is 13.5 Å². The smallest absolute Gasteiger partial charge is 0.139 e. The van der Waals surface area contributed by atoms with Gasteiger partial charge in [0.25, 0.3) is 0 Å². The van der Waals surface area contributed by atoms with Gasteiger partial charge in [0.15, 0.2) is 0 Å². The summed E-state index contributed by atoms with van der Waals surface area (Å²) >= 11 is 3.41. The molecule has 0 spiro atoms. The lowest BCUT2D eigenvalue weighted by Gasteiger charge is -2.06. The van der Waals surface area contributed by atoms with E-state index in [9.17, 15) is 0 Å². The molecule has 4 aromatic rings. The molecule has 0 aliphatic carbocycles. The Morgan fingerprint density at radius 3 is 1.63 bits per heavy atom. The van der Waals surface area contributed by atoms with Crippen LogP contribution in [0.25, 0.3) is 24.3 Å². The van der Waals surface area contributed by atoms with Crippen LogP contribution in [0.2, 0.25) is 0 Å².